The smallest absolute Gasteiger partial charge is 0.162 e. The second-order valence-corrected chi connectivity index (χ2v) is 6.47. The highest BCUT2D eigenvalue weighted by molar-refractivity contribution is 6.02. The number of nitrogens with one attached hydrogen (secondary N) is 1. The summed E-state index contributed by atoms with van der Waals surface area (Å²) in [6, 6.07) is 32.8. The van der Waals surface area contributed by atoms with E-state index in [1.165, 1.54) is 10.8 Å². The fourth-order valence-corrected chi connectivity index (χ4v) is 3.29. The monoisotopic (exact) mass is 347 g/mol. The van der Waals surface area contributed by atoms with E-state index in [1.54, 1.807) is 0 Å². The van der Waals surface area contributed by atoms with Crippen molar-refractivity contribution in [2.24, 2.45) is 0 Å². The molecule has 0 atom stereocenters. The normalized spacial score (nSPS) is 11.0. The van der Waals surface area contributed by atoms with Gasteiger partial charge in [0.15, 0.2) is 5.82 Å². The fourth-order valence-electron chi connectivity index (χ4n) is 3.29. The van der Waals surface area contributed by atoms with Crippen LogP contribution in [0, 0.1) is 0 Å². The van der Waals surface area contributed by atoms with E-state index in [-0.39, 0.29) is 0 Å². The largest absolute Gasteiger partial charge is 0.340 e. The van der Waals surface area contributed by atoms with Crippen molar-refractivity contribution < 1.29 is 0 Å². The predicted molar refractivity (Wildman–Crippen MR) is 112 cm³/mol. The molecule has 3 heteroatoms. The molecule has 1 heterocycles. The van der Waals surface area contributed by atoms with Gasteiger partial charge in [-0.15, -0.1) is 0 Å². The van der Waals surface area contributed by atoms with Crippen LogP contribution in [0.2, 0.25) is 0 Å². The van der Waals surface area contributed by atoms with Gasteiger partial charge in [-0.1, -0.05) is 72.8 Å². The second-order valence-electron chi connectivity index (χ2n) is 6.47. The number of fused-ring (bicyclic) bond motifs is 2. The summed E-state index contributed by atoms with van der Waals surface area (Å²) in [5, 5.41) is 6.83. The van der Waals surface area contributed by atoms with Crippen LogP contribution in [0.25, 0.3) is 33.1 Å². The summed E-state index contributed by atoms with van der Waals surface area (Å²) < 4.78 is 0. The van der Waals surface area contributed by atoms with Gasteiger partial charge in [-0.25, -0.2) is 9.97 Å². The van der Waals surface area contributed by atoms with E-state index in [9.17, 15) is 0 Å². The molecule has 0 amide bonds. The van der Waals surface area contributed by atoms with Crippen molar-refractivity contribution in [2.45, 2.75) is 0 Å². The molecule has 3 nitrogen and oxygen atoms in total. The molecule has 0 saturated carbocycles. The van der Waals surface area contributed by atoms with Gasteiger partial charge in [-0.2, -0.15) is 0 Å². The Morgan fingerprint density at radius 1 is 0.593 bits per heavy atom. The summed E-state index contributed by atoms with van der Waals surface area (Å²) in [4.78, 5) is 9.70. The lowest BCUT2D eigenvalue weighted by Crippen LogP contribution is -1.99. The molecule has 0 fully saturated rings. The molecule has 5 aromatic rings. The number of benzene rings is 4. The standard InChI is InChI=1S/C24H17N3/c1-3-9-17(10-4-1)23-26-22-16-19-12-8-7-11-18(19)15-21(22)24(27-23)25-20-13-5-2-6-14-20/h1-16H,(H,25,26,27). The number of nitrogens with zero attached hydrogens (tertiary/aromatic N) is 2. The molecule has 0 aliphatic rings. The summed E-state index contributed by atoms with van der Waals surface area (Å²) in [6.07, 6.45) is 0. The van der Waals surface area contributed by atoms with E-state index in [1.807, 2.05) is 60.7 Å². The van der Waals surface area contributed by atoms with Crippen LogP contribution in [-0.4, -0.2) is 9.97 Å². The summed E-state index contributed by atoms with van der Waals surface area (Å²) in [6.45, 7) is 0. The molecule has 0 aliphatic heterocycles. The van der Waals surface area contributed by atoms with Crippen LogP contribution in [0.1, 0.15) is 0 Å². The highest BCUT2D eigenvalue weighted by Gasteiger charge is 2.11. The van der Waals surface area contributed by atoms with Gasteiger partial charge in [0.2, 0.25) is 0 Å². The van der Waals surface area contributed by atoms with Crippen LogP contribution in [0.15, 0.2) is 97.1 Å². The number of aromatic nitrogens is 2. The van der Waals surface area contributed by atoms with Crippen LogP contribution in [0.4, 0.5) is 11.5 Å². The van der Waals surface area contributed by atoms with Crippen LogP contribution in [0.3, 0.4) is 0 Å². The number of anilines is 2. The zero-order chi connectivity index (χ0) is 18.1. The third-order valence-corrected chi connectivity index (χ3v) is 4.63. The molecule has 0 radical (unpaired) electrons. The molecule has 0 unspecified atom stereocenters. The van der Waals surface area contributed by atoms with E-state index < -0.39 is 0 Å². The van der Waals surface area contributed by atoms with E-state index in [0.717, 1.165) is 33.8 Å². The minimum atomic E-state index is 0.719. The maximum atomic E-state index is 4.85. The van der Waals surface area contributed by atoms with Gasteiger partial charge in [0, 0.05) is 16.6 Å². The first kappa shape index (κ1) is 15.5. The minimum absolute atomic E-state index is 0.719. The molecular formula is C24H17N3. The third-order valence-electron chi connectivity index (χ3n) is 4.63. The Labute approximate surface area is 157 Å². The highest BCUT2D eigenvalue weighted by atomic mass is 15.0. The average Bonchev–Trinajstić information content (AvgIpc) is 2.74. The zero-order valence-corrected chi connectivity index (χ0v) is 14.6. The van der Waals surface area contributed by atoms with Crippen LogP contribution >= 0.6 is 0 Å². The van der Waals surface area contributed by atoms with Gasteiger partial charge < -0.3 is 5.32 Å². The van der Waals surface area contributed by atoms with Crippen LogP contribution in [-0.2, 0) is 0 Å². The molecule has 128 valence electrons. The number of rotatable bonds is 3. The third kappa shape index (κ3) is 3.00. The average molecular weight is 347 g/mol. The predicted octanol–water partition coefficient (Wildman–Crippen LogP) is 6.19. The zero-order valence-electron chi connectivity index (χ0n) is 14.6. The molecule has 0 saturated heterocycles. The van der Waals surface area contributed by atoms with Crippen molar-refractivity contribution in [2.75, 3.05) is 5.32 Å². The number of hydrogen-bond donors (Lipinski definition) is 1. The SMILES string of the molecule is c1ccc(Nc2nc(-c3ccccc3)nc3cc4ccccc4cc23)cc1. The van der Waals surface area contributed by atoms with Crippen LogP contribution in [0.5, 0.6) is 0 Å². The molecule has 1 aromatic heterocycles. The van der Waals surface area contributed by atoms with E-state index in [0.29, 0.717) is 0 Å². The lowest BCUT2D eigenvalue weighted by molar-refractivity contribution is 1.22. The first-order valence-electron chi connectivity index (χ1n) is 8.95. The first-order valence-corrected chi connectivity index (χ1v) is 8.95. The van der Waals surface area contributed by atoms with Crippen molar-refractivity contribution in [3.05, 3.63) is 97.1 Å². The van der Waals surface area contributed by atoms with Crippen molar-refractivity contribution in [3.63, 3.8) is 0 Å². The van der Waals surface area contributed by atoms with E-state index in [4.69, 9.17) is 9.97 Å². The lowest BCUT2D eigenvalue weighted by Gasteiger charge is -2.12. The molecule has 0 bridgehead atoms. The van der Waals surface area contributed by atoms with Crippen molar-refractivity contribution in [1.82, 2.24) is 9.97 Å². The van der Waals surface area contributed by atoms with Crippen molar-refractivity contribution >= 4 is 33.2 Å². The van der Waals surface area contributed by atoms with E-state index in [2.05, 4.69) is 41.7 Å². The Balaban J connectivity index is 1.76. The minimum Gasteiger partial charge on any atom is -0.340 e. The number of hydrogen-bond acceptors (Lipinski definition) is 3. The van der Waals surface area contributed by atoms with Gasteiger partial charge in [-0.05, 0) is 35.0 Å². The molecule has 27 heavy (non-hydrogen) atoms. The van der Waals surface area contributed by atoms with Crippen molar-refractivity contribution in [1.29, 1.82) is 0 Å². The lowest BCUT2D eigenvalue weighted by atomic mass is 10.1. The Morgan fingerprint density at radius 2 is 1.22 bits per heavy atom. The molecular weight excluding hydrogens is 330 g/mol. The Morgan fingerprint density at radius 3 is 1.96 bits per heavy atom. The summed E-state index contributed by atoms with van der Waals surface area (Å²) in [5.74, 6) is 1.53. The fraction of sp³-hybridized carbons (Fsp3) is 0. The molecule has 1 N–H and O–H groups in total. The maximum Gasteiger partial charge on any atom is 0.162 e. The molecule has 5 rings (SSSR count). The molecule has 0 spiro atoms. The summed E-state index contributed by atoms with van der Waals surface area (Å²) in [5.41, 5.74) is 2.94. The van der Waals surface area contributed by atoms with Gasteiger partial charge in [0.25, 0.3) is 0 Å². The number of para-hydroxylation sites is 1. The van der Waals surface area contributed by atoms with Gasteiger partial charge in [0.1, 0.15) is 5.82 Å². The Kier molecular flexibility index (Phi) is 3.76. The highest BCUT2D eigenvalue weighted by Crippen LogP contribution is 2.30. The quantitative estimate of drug-likeness (QED) is 0.395. The summed E-state index contributed by atoms with van der Waals surface area (Å²) >= 11 is 0. The van der Waals surface area contributed by atoms with E-state index >= 15 is 0 Å². The second kappa shape index (κ2) is 6.54. The molecule has 4 aromatic carbocycles. The van der Waals surface area contributed by atoms with Gasteiger partial charge >= 0.3 is 0 Å². The molecule has 0 aliphatic carbocycles. The topological polar surface area (TPSA) is 37.8 Å². The Hall–Kier alpha value is -3.72. The first-order chi connectivity index (χ1) is 13.4. The van der Waals surface area contributed by atoms with Gasteiger partial charge in [-0.3, -0.25) is 0 Å². The van der Waals surface area contributed by atoms with Crippen LogP contribution < -0.4 is 5.32 Å². The van der Waals surface area contributed by atoms with Crippen molar-refractivity contribution in [3.8, 4) is 11.4 Å². The summed E-state index contributed by atoms with van der Waals surface area (Å²) in [7, 11) is 0. The maximum absolute atomic E-state index is 4.85. The van der Waals surface area contributed by atoms with Gasteiger partial charge in [0.05, 0.1) is 5.52 Å². The Bertz CT molecular complexity index is 1230.